The molecule has 5 atom stereocenters. The van der Waals surface area contributed by atoms with Crippen LogP contribution in [0.4, 0.5) is 0 Å². The van der Waals surface area contributed by atoms with E-state index in [2.05, 4.69) is 25.7 Å². The van der Waals surface area contributed by atoms with Gasteiger partial charge in [0.05, 0.1) is 12.7 Å². The van der Waals surface area contributed by atoms with Crippen LogP contribution in [0.2, 0.25) is 0 Å². The smallest absolute Gasteiger partial charge is 0.141 e. The van der Waals surface area contributed by atoms with Crippen molar-refractivity contribution >= 4 is 20.4 Å². The van der Waals surface area contributed by atoms with Gasteiger partial charge in [-0.1, -0.05) is 24.2 Å². The van der Waals surface area contributed by atoms with Crippen LogP contribution < -0.4 is 0 Å². The van der Waals surface area contributed by atoms with E-state index < -0.39 is 37.3 Å². The van der Waals surface area contributed by atoms with Gasteiger partial charge < -0.3 is 70.3 Å². The van der Waals surface area contributed by atoms with Gasteiger partial charge in [0.25, 0.3) is 0 Å². The van der Waals surface area contributed by atoms with Crippen molar-refractivity contribution in [2.45, 2.75) is 37.2 Å². The summed E-state index contributed by atoms with van der Waals surface area (Å²) in [6.07, 6.45) is -5.14. The largest absolute Gasteiger partial charge is 0.649 e. The molecule has 27 heavy (non-hydrogen) atoms. The first-order valence-electron chi connectivity index (χ1n) is 6.90. The van der Waals surface area contributed by atoms with Crippen LogP contribution in [-0.4, -0.2) is 83.2 Å². The molecule has 0 bridgehead atoms. The molecular formula is C16H18NO9Re-4. The van der Waals surface area contributed by atoms with E-state index >= 15 is 0 Å². The molecule has 1 aliphatic rings. The Labute approximate surface area is 170 Å². The number of aliphatic hydroxyl groups is 4. The number of phenols is 1. The first kappa shape index (κ1) is 30.2. The second-order valence-electron chi connectivity index (χ2n) is 4.69. The summed E-state index contributed by atoms with van der Waals surface area (Å²) in [7, 11) is 0. The van der Waals surface area contributed by atoms with E-state index in [4.69, 9.17) is 24.2 Å². The number of aliphatic hydroxyl groups excluding tert-OH is 4. The van der Waals surface area contributed by atoms with Gasteiger partial charge >= 0.3 is 0 Å². The zero-order valence-corrected chi connectivity index (χ0v) is 16.5. The van der Waals surface area contributed by atoms with Gasteiger partial charge in [-0.15, -0.1) is 6.54 Å². The van der Waals surface area contributed by atoms with Crippen molar-refractivity contribution in [3.63, 3.8) is 0 Å². The Morgan fingerprint density at radius 2 is 1.48 bits per heavy atom. The third kappa shape index (κ3) is 9.28. The maximum atomic E-state index is 9.90. The Balaban J connectivity index is -0.000000749. The number of hydrogen-bond donors (Lipinski definition) is 5. The van der Waals surface area contributed by atoms with E-state index in [1.807, 2.05) is 0 Å². The predicted octanol–water partition coefficient (Wildman–Crippen LogP) is -2.13. The molecule has 1 aromatic carbocycles. The van der Waals surface area contributed by atoms with Crippen LogP contribution in [-0.2, 0) is 46.1 Å². The fraction of sp³-hybridized carbons (Fsp3) is 0.438. The van der Waals surface area contributed by atoms with Crippen LogP contribution in [0, 0.1) is 0 Å². The van der Waals surface area contributed by atoms with Crippen molar-refractivity contribution in [3.8, 4) is 5.75 Å². The van der Waals surface area contributed by atoms with Gasteiger partial charge in [0.15, 0.2) is 0 Å². The fourth-order valence-electron chi connectivity index (χ4n) is 2.13. The predicted molar refractivity (Wildman–Crippen MR) is 86.0 cm³/mol. The van der Waals surface area contributed by atoms with Gasteiger partial charge in [0.1, 0.15) is 24.2 Å². The molecule has 1 aliphatic heterocycles. The number of hydrogen-bond acceptors (Lipinski definition) is 9. The summed E-state index contributed by atoms with van der Waals surface area (Å²) < 4.78 is 4.99. The van der Waals surface area contributed by atoms with Gasteiger partial charge in [-0.2, -0.15) is 0 Å². The molecule has 0 saturated carbocycles. The maximum Gasteiger partial charge on any atom is 0.141 e. The van der Waals surface area contributed by atoms with Gasteiger partial charge in [0, 0.05) is 20.4 Å². The summed E-state index contributed by atoms with van der Waals surface area (Å²) in [5.41, 5.74) is 0.533. The maximum absolute atomic E-state index is 9.90. The number of phenolic OH excluding ortho intramolecular Hbond substituents is 1. The van der Waals surface area contributed by atoms with Gasteiger partial charge in [-0.25, -0.2) is 0 Å². The van der Waals surface area contributed by atoms with E-state index in [-0.39, 0.29) is 32.7 Å². The molecule has 11 heteroatoms. The molecule has 0 aliphatic carbocycles. The standard InChI is InChI=1S/C13H18NO6.3CO.Re/c15-6-9-11(17)12(18)10(13(19)20-9)14-5-7-3-1-2-4-8(7)16;3*1-2;/h1-4,9-13,15-19H,5-6H2;;;;/q4*-1;. The second-order valence-corrected chi connectivity index (χ2v) is 4.69. The van der Waals surface area contributed by atoms with Gasteiger partial charge in [-0.05, 0) is 11.6 Å². The average Bonchev–Trinajstić information content (AvgIpc) is 2.70. The molecule has 1 aromatic rings. The fourth-order valence-corrected chi connectivity index (χ4v) is 2.13. The molecule has 5 unspecified atom stereocenters. The van der Waals surface area contributed by atoms with E-state index in [1.54, 1.807) is 18.2 Å². The van der Waals surface area contributed by atoms with E-state index in [1.165, 1.54) is 6.07 Å². The van der Waals surface area contributed by atoms with Crippen molar-refractivity contribution < 1.29 is 65.1 Å². The van der Waals surface area contributed by atoms with E-state index in [0.29, 0.717) is 5.56 Å². The minimum Gasteiger partial charge on any atom is -0.649 e. The number of nitrogens with zero attached hydrogens (tertiary/aromatic N) is 1. The van der Waals surface area contributed by atoms with Crippen LogP contribution in [0.5, 0.6) is 5.75 Å². The van der Waals surface area contributed by atoms with Crippen molar-refractivity contribution in [1.82, 2.24) is 0 Å². The monoisotopic (exact) mass is 555 g/mol. The topological polar surface area (TPSA) is 176 Å². The quantitative estimate of drug-likeness (QED) is 0.260. The molecular weight excluding hydrogens is 536 g/mol. The normalized spacial score (nSPS) is 25.7. The molecule has 10 nitrogen and oxygen atoms in total. The minimum absolute atomic E-state index is 0. The average molecular weight is 555 g/mol. The molecule has 1 heterocycles. The SMILES string of the molecule is OCC1OC(O)C([N-]Cc2ccccc2O)C(O)C1O.[C-]=O.[C-]=O.[C-]=O.[Re]. The van der Waals surface area contributed by atoms with Crippen LogP contribution in [0.3, 0.4) is 0 Å². The summed E-state index contributed by atoms with van der Waals surface area (Å²) >= 11 is 0. The molecule has 2 rings (SSSR count). The van der Waals surface area contributed by atoms with Crippen LogP contribution in [0.25, 0.3) is 5.32 Å². The van der Waals surface area contributed by atoms with Crippen molar-refractivity contribution in [1.29, 1.82) is 0 Å². The molecule has 4 radical (unpaired) electrons. The molecule has 0 amide bonds. The number of rotatable bonds is 4. The molecule has 0 spiro atoms. The Morgan fingerprint density at radius 1 is 0.963 bits per heavy atom. The van der Waals surface area contributed by atoms with Gasteiger partial charge in [0.2, 0.25) is 0 Å². The Bertz CT molecular complexity index is 492. The Hall–Kier alpha value is -1.55. The number of ether oxygens (including phenoxy) is 1. The minimum atomic E-state index is -1.42. The molecule has 1 fully saturated rings. The van der Waals surface area contributed by atoms with Crippen molar-refractivity contribution in [3.05, 3.63) is 35.1 Å². The summed E-state index contributed by atoms with van der Waals surface area (Å²) in [4.78, 5) is 22.5. The number of benzene rings is 1. The van der Waals surface area contributed by atoms with Crippen LogP contribution >= 0.6 is 0 Å². The second kappa shape index (κ2) is 17.8. The number of aromatic hydroxyl groups is 1. The van der Waals surface area contributed by atoms with Crippen molar-refractivity contribution in [2.75, 3.05) is 6.61 Å². The summed E-state index contributed by atoms with van der Waals surface area (Å²) in [6.45, 7) is 13.0. The molecule has 152 valence electrons. The molecule has 0 aromatic heterocycles. The molecule has 1 saturated heterocycles. The first-order chi connectivity index (χ1) is 12.5. The zero-order chi connectivity index (χ0) is 20.7. The van der Waals surface area contributed by atoms with Gasteiger partial charge in [-0.3, -0.25) is 0 Å². The third-order valence-corrected chi connectivity index (χ3v) is 3.33. The third-order valence-electron chi connectivity index (χ3n) is 3.33. The van der Waals surface area contributed by atoms with Crippen LogP contribution in [0.15, 0.2) is 24.3 Å². The summed E-state index contributed by atoms with van der Waals surface area (Å²) in [5.74, 6) is 0.0609. The number of carbonyl (C=O) groups excluding carboxylic acids is 3. The van der Waals surface area contributed by atoms with Crippen LogP contribution in [0.1, 0.15) is 5.56 Å². The summed E-state index contributed by atoms with van der Waals surface area (Å²) in [6, 6.07) is 5.51. The molecule has 5 N–H and O–H groups in total. The first-order valence-corrected chi connectivity index (χ1v) is 6.90. The summed E-state index contributed by atoms with van der Waals surface area (Å²) in [5, 5.41) is 52.0. The Morgan fingerprint density at radius 3 is 1.96 bits per heavy atom. The van der Waals surface area contributed by atoms with Crippen molar-refractivity contribution in [2.24, 2.45) is 0 Å². The van der Waals surface area contributed by atoms with E-state index in [0.717, 1.165) is 0 Å². The zero-order valence-electron chi connectivity index (χ0n) is 13.8. The van der Waals surface area contributed by atoms with E-state index in [9.17, 15) is 20.4 Å². The Kier molecular flexibility index (Phi) is 20.0. The number of para-hydroxylation sites is 1.